The van der Waals surface area contributed by atoms with E-state index in [1.54, 1.807) is 17.8 Å². The van der Waals surface area contributed by atoms with Gasteiger partial charge in [0.1, 0.15) is 0 Å². The van der Waals surface area contributed by atoms with E-state index in [4.69, 9.17) is 5.11 Å². The van der Waals surface area contributed by atoms with E-state index in [9.17, 15) is 4.79 Å². The normalized spacial score (nSPS) is 26.5. The number of carboxylic acids is 1. The Balaban J connectivity index is 1.62. The van der Waals surface area contributed by atoms with E-state index in [-0.39, 0.29) is 5.69 Å². The van der Waals surface area contributed by atoms with Gasteiger partial charge in [0, 0.05) is 25.7 Å². The van der Waals surface area contributed by atoms with Gasteiger partial charge in [-0.3, -0.25) is 9.58 Å². The van der Waals surface area contributed by atoms with Gasteiger partial charge in [-0.25, -0.2) is 4.79 Å². The SMILES string of the molecule is Cn1nc(C(=O)O)cc1CNC1CCCN2CCCCC12. The number of carboxylic acid groups (broad SMARTS) is 1. The van der Waals surface area contributed by atoms with Crippen molar-refractivity contribution in [3.63, 3.8) is 0 Å². The highest BCUT2D eigenvalue weighted by atomic mass is 16.4. The Bertz CT molecular complexity index is 512. The molecule has 2 saturated heterocycles. The molecule has 1 aromatic rings. The minimum Gasteiger partial charge on any atom is -0.476 e. The van der Waals surface area contributed by atoms with Crippen LogP contribution in [-0.2, 0) is 13.6 Å². The van der Waals surface area contributed by atoms with Gasteiger partial charge >= 0.3 is 5.97 Å². The van der Waals surface area contributed by atoms with Crippen molar-refractivity contribution >= 4 is 5.97 Å². The Morgan fingerprint density at radius 1 is 1.38 bits per heavy atom. The number of piperidine rings is 2. The first-order valence-electron chi connectivity index (χ1n) is 7.89. The molecule has 0 radical (unpaired) electrons. The van der Waals surface area contributed by atoms with Crippen LogP contribution in [0.1, 0.15) is 48.3 Å². The fourth-order valence-electron chi connectivity index (χ4n) is 3.71. The first-order chi connectivity index (χ1) is 10.1. The Morgan fingerprint density at radius 3 is 2.95 bits per heavy atom. The summed E-state index contributed by atoms with van der Waals surface area (Å²) in [4.78, 5) is 13.6. The summed E-state index contributed by atoms with van der Waals surface area (Å²) in [5.74, 6) is -0.965. The molecule has 3 heterocycles. The van der Waals surface area contributed by atoms with E-state index in [1.165, 1.54) is 45.2 Å². The number of fused-ring (bicyclic) bond motifs is 1. The van der Waals surface area contributed by atoms with Crippen LogP contribution in [0.4, 0.5) is 0 Å². The van der Waals surface area contributed by atoms with Crippen LogP contribution in [0.25, 0.3) is 0 Å². The molecule has 6 heteroatoms. The minimum atomic E-state index is -0.965. The second-order valence-corrected chi connectivity index (χ2v) is 6.18. The molecule has 0 aliphatic carbocycles. The molecule has 21 heavy (non-hydrogen) atoms. The minimum absolute atomic E-state index is 0.122. The van der Waals surface area contributed by atoms with E-state index in [2.05, 4.69) is 15.3 Å². The lowest BCUT2D eigenvalue weighted by Crippen LogP contribution is -2.55. The standard InChI is InChI=1S/C15H24N4O2/c1-18-11(9-13(17-18)15(20)21)10-16-12-5-4-8-19-7-3-2-6-14(12)19/h9,12,14,16H,2-8,10H2,1H3,(H,20,21). The van der Waals surface area contributed by atoms with Crippen LogP contribution in [0.15, 0.2) is 6.07 Å². The maximum atomic E-state index is 11.0. The molecule has 2 aliphatic heterocycles. The van der Waals surface area contributed by atoms with Crippen molar-refractivity contribution in [1.82, 2.24) is 20.0 Å². The van der Waals surface area contributed by atoms with Crippen LogP contribution in [0.5, 0.6) is 0 Å². The summed E-state index contributed by atoms with van der Waals surface area (Å²) < 4.78 is 1.66. The van der Waals surface area contributed by atoms with Crippen LogP contribution in [-0.4, -0.2) is 50.9 Å². The molecule has 2 fully saturated rings. The summed E-state index contributed by atoms with van der Waals surface area (Å²) in [6.07, 6.45) is 6.40. The van der Waals surface area contributed by atoms with Gasteiger partial charge in [0.15, 0.2) is 5.69 Å². The molecule has 2 aliphatic rings. The number of rotatable bonds is 4. The maximum absolute atomic E-state index is 11.0. The topological polar surface area (TPSA) is 70.4 Å². The zero-order valence-corrected chi connectivity index (χ0v) is 12.6. The number of hydrogen-bond acceptors (Lipinski definition) is 4. The Hall–Kier alpha value is -1.40. The van der Waals surface area contributed by atoms with Gasteiger partial charge in [-0.1, -0.05) is 6.42 Å². The predicted molar refractivity (Wildman–Crippen MR) is 79.2 cm³/mol. The van der Waals surface area contributed by atoms with E-state index < -0.39 is 5.97 Å². The summed E-state index contributed by atoms with van der Waals surface area (Å²) in [7, 11) is 1.80. The second kappa shape index (κ2) is 6.15. The lowest BCUT2D eigenvalue weighted by molar-refractivity contribution is 0.0689. The molecule has 2 unspecified atom stereocenters. The molecule has 3 rings (SSSR count). The number of aryl methyl sites for hydroxylation is 1. The van der Waals surface area contributed by atoms with E-state index in [0.29, 0.717) is 18.6 Å². The van der Waals surface area contributed by atoms with E-state index >= 15 is 0 Å². The summed E-state index contributed by atoms with van der Waals surface area (Å²) in [6.45, 7) is 3.15. The zero-order valence-electron chi connectivity index (χ0n) is 12.6. The smallest absolute Gasteiger partial charge is 0.356 e. The number of aromatic nitrogens is 2. The third-order valence-electron chi connectivity index (χ3n) is 4.83. The molecule has 1 aromatic heterocycles. The van der Waals surface area contributed by atoms with Gasteiger partial charge in [-0.2, -0.15) is 5.10 Å². The van der Waals surface area contributed by atoms with Crippen molar-refractivity contribution in [3.8, 4) is 0 Å². The monoisotopic (exact) mass is 292 g/mol. The maximum Gasteiger partial charge on any atom is 0.356 e. The highest BCUT2D eigenvalue weighted by molar-refractivity contribution is 5.85. The van der Waals surface area contributed by atoms with Gasteiger partial charge < -0.3 is 10.4 Å². The fraction of sp³-hybridized carbons (Fsp3) is 0.733. The van der Waals surface area contributed by atoms with Crippen LogP contribution >= 0.6 is 0 Å². The first kappa shape index (κ1) is 14.5. The van der Waals surface area contributed by atoms with Gasteiger partial charge in [-0.15, -0.1) is 0 Å². The molecule has 116 valence electrons. The summed E-state index contributed by atoms with van der Waals surface area (Å²) >= 11 is 0. The van der Waals surface area contributed by atoms with Crippen molar-refractivity contribution in [2.45, 2.75) is 50.7 Å². The first-order valence-corrected chi connectivity index (χ1v) is 7.89. The molecule has 0 saturated carbocycles. The lowest BCUT2D eigenvalue weighted by Gasteiger charge is -2.44. The predicted octanol–water partition coefficient (Wildman–Crippen LogP) is 1.22. The molecule has 0 spiro atoms. The van der Waals surface area contributed by atoms with Crippen LogP contribution in [0.3, 0.4) is 0 Å². The van der Waals surface area contributed by atoms with Gasteiger partial charge in [0.2, 0.25) is 0 Å². The molecule has 0 amide bonds. The highest BCUT2D eigenvalue weighted by Gasteiger charge is 2.32. The molecule has 0 bridgehead atoms. The van der Waals surface area contributed by atoms with Gasteiger partial charge in [0.05, 0.1) is 5.69 Å². The largest absolute Gasteiger partial charge is 0.476 e. The Morgan fingerprint density at radius 2 is 2.19 bits per heavy atom. The summed E-state index contributed by atoms with van der Waals surface area (Å²) in [6, 6.07) is 2.83. The quantitative estimate of drug-likeness (QED) is 0.873. The van der Waals surface area contributed by atoms with Crippen LogP contribution in [0, 0.1) is 0 Å². The van der Waals surface area contributed by atoms with Crippen molar-refractivity contribution in [1.29, 1.82) is 0 Å². The van der Waals surface area contributed by atoms with Crippen LogP contribution in [0.2, 0.25) is 0 Å². The summed E-state index contributed by atoms with van der Waals surface area (Å²) in [5.41, 5.74) is 1.05. The van der Waals surface area contributed by atoms with Gasteiger partial charge in [-0.05, 0) is 44.8 Å². The lowest BCUT2D eigenvalue weighted by atomic mass is 9.89. The average Bonchev–Trinajstić information content (AvgIpc) is 2.86. The van der Waals surface area contributed by atoms with Crippen molar-refractivity contribution in [2.75, 3.05) is 13.1 Å². The molecule has 0 aromatic carbocycles. The number of nitrogens with one attached hydrogen (secondary N) is 1. The van der Waals surface area contributed by atoms with E-state index in [0.717, 1.165) is 5.69 Å². The molecule has 6 nitrogen and oxygen atoms in total. The zero-order chi connectivity index (χ0) is 14.8. The average molecular weight is 292 g/mol. The number of carbonyl (C=O) groups is 1. The number of aromatic carboxylic acids is 1. The molecular weight excluding hydrogens is 268 g/mol. The molecule has 2 atom stereocenters. The fourth-order valence-corrected chi connectivity index (χ4v) is 3.71. The van der Waals surface area contributed by atoms with E-state index in [1.807, 2.05) is 0 Å². The van der Waals surface area contributed by atoms with Crippen LogP contribution < -0.4 is 5.32 Å². The van der Waals surface area contributed by atoms with Crippen molar-refractivity contribution in [3.05, 3.63) is 17.5 Å². The van der Waals surface area contributed by atoms with Crippen molar-refractivity contribution < 1.29 is 9.90 Å². The summed E-state index contributed by atoms with van der Waals surface area (Å²) in [5, 5.41) is 16.6. The third kappa shape index (κ3) is 3.11. The molecular formula is C15H24N4O2. The highest BCUT2D eigenvalue weighted by Crippen LogP contribution is 2.26. The number of hydrogen-bond donors (Lipinski definition) is 2. The van der Waals surface area contributed by atoms with Gasteiger partial charge in [0.25, 0.3) is 0 Å². The van der Waals surface area contributed by atoms with Crippen molar-refractivity contribution in [2.24, 2.45) is 7.05 Å². The second-order valence-electron chi connectivity index (χ2n) is 6.18. The number of nitrogens with zero attached hydrogens (tertiary/aromatic N) is 3. The molecule has 2 N–H and O–H groups in total. The Labute approximate surface area is 125 Å². The third-order valence-corrected chi connectivity index (χ3v) is 4.83. The Kier molecular flexibility index (Phi) is 4.26.